The quantitative estimate of drug-likeness (QED) is 0.682. The number of benzene rings is 1. The summed E-state index contributed by atoms with van der Waals surface area (Å²) < 4.78 is 0. The molecule has 1 unspecified atom stereocenters. The predicted octanol–water partition coefficient (Wildman–Crippen LogP) is 3.83. The zero-order valence-electron chi connectivity index (χ0n) is 19.9. The Labute approximate surface area is 196 Å². The molecule has 6 heteroatoms. The molecule has 0 radical (unpaired) electrons. The van der Waals surface area contributed by atoms with Crippen LogP contribution in [0.4, 0.5) is 5.82 Å². The Morgan fingerprint density at radius 2 is 1.91 bits per heavy atom. The lowest BCUT2D eigenvalue weighted by Gasteiger charge is -2.37. The highest BCUT2D eigenvalue weighted by Crippen LogP contribution is 2.27. The Balaban J connectivity index is 1.07. The summed E-state index contributed by atoms with van der Waals surface area (Å²) in [6, 6.07) is 10.7. The van der Waals surface area contributed by atoms with Crippen LogP contribution in [0.25, 0.3) is 10.9 Å². The molecule has 3 heterocycles. The number of pyridine rings is 1. The lowest BCUT2D eigenvalue weighted by molar-refractivity contribution is -0.114. The molecule has 1 aromatic heterocycles. The molecule has 1 atom stereocenters. The summed E-state index contributed by atoms with van der Waals surface area (Å²) in [4.78, 5) is 24.0. The number of nitrogens with one attached hydrogen (secondary N) is 1. The van der Waals surface area contributed by atoms with E-state index in [9.17, 15) is 4.79 Å². The fourth-order valence-electron chi connectivity index (χ4n) is 5.25. The average molecular weight is 446 g/mol. The molecule has 2 aliphatic heterocycles. The third-order valence-electron chi connectivity index (χ3n) is 7.27. The Kier molecular flexibility index (Phi) is 6.36. The first-order chi connectivity index (χ1) is 16.1. The van der Waals surface area contributed by atoms with Gasteiger partial charge in [-0.1, -0.05) is 18.2 Å². The van der Waals surface area contributed by atoms with Gasteiger partial charge in [-0.05, 0) is 62.4 Å². The number of aromatic nitrogens is 1. The average Bonchev–Trinajstić information content (AvgIpc) is 2.82. The molecule has 5 rings (SSSR count). The SMILES string of the molecule is Cc1cc(N2CCN(CCCCC3NC4=CC(=O)CCC4=CN3C)CC2)nc2ccccc12. The topological polar surface area (TPSA) is 51.7 Å². The largest absolute Gasteiger partial charge is 0.365 e. The van der Waals surface area contributed by atoms with E-state index in [1.165, 1.54) is 29.4 Å². The number of hydrogen-bond donors (Lipinski definition) is 1. The molecule has 0 amide bonds. The molecular formula is C27H35N5O. The fourth-order valence-corrected chi connectivity index (χ4v) is 5.25. The van der Waals surface area contributed by atoms with Crippen LogP contribution in [0.1, 0.15) is 37.7 Å². The molecule has 1 aliphatic carbocycles. The highest BCUT2D eigenvalue weighted by Gasteiger charge is 2.25. The molecule has 1 aromatic carbocycles. The number of fused-ring (bicyclic) bond motifs is 2. The second-order valence-electron chi connectivity index (χ2n) is 9.64. The van der Waals surface area contributed by atoms with Crippen LogP contribution in [0.15, 0.2) is 53.9 Å². The standard InChI is InChI=1S/C27H35N5O/c1-20-17-27(28-24-8-4-3-7-23(20)24)32-15-13-31(14-16-32)12-6-5-9-26-29-25-18-22(33)11-10-21(25)19-30(26)2/h3-4,7-8,17-19,26,29H,5-6,9-16H2,1-2H3. The predicted molar refractivity (Wildman–Crippen MR) is 134 cm³/mol. The summed E-state index contributed by atoms with van der Waals surface area (Å²) in [6.07, 6.45) is 9.26. The molecule has 3 aliphatic rings. The van der Waals surface area contributed by atoms with Crippen molar-refractivity contribution in [1.29, 1.82) is 0 Å². The maximum absolute atomic E-state index is 11.8. The fraction of sp³-hybridized carbons (Fsp3) is 0.481. The third kappa shape index (κ3) is 4.91. The monoisotopic (exact) mass is 445 g/mol. The number of unbranched alkanes of at least 4 members (excludes halogenated alkanes) is 1. The van der Waals surface area contributed by atoms with E-state index in [1.807, 2.05) is 0 Å². The van der Waals surface area contributed by atoms with E-state index in [1.54, 1.807) is 6.08 Å². The Hall–Kier alpha value is -2.86. The van der Waals surface area contributed by atoms with E-state index in [0.717, 1.165) is 62.6 Å². The highest BCUT2D eigenvalue weighted by atomic mass is 16.1. The first kappa shape index (κ1) is 22.0. The van der Waals surface area contributed by atoms with Gasteiger partial charge in [0.2, 0.25) is 0 Å². The number of carbonyl (C=O) groups excluding carboxylic acids is 1. The van der Waals surface area contributed by atoms with Crippen molar-refractivity contribution in [1.82, 2.24) is 20.1 Å². The molecule has 174 valence electrons. The van der Waals surface area contributed by atoms with E-state index in [0.29, 0.717) is 6.42 Å². The molecule has 33 heavy (non-hydrogen) atoms. The number of anilines is 1. The number of ketones is 1. The Morgan fingerprint density at radius 3 is 2.76 bits per heavy atom. The van der Waals surface area contributed by atoms with Gasteiger partial charge < -0.3 is 15.1 Å². The van der Waals surface area contributed by atoms with Crippen LogP contribution >= 0.6 is 0 Å². The maximum atomic E-state index is 11.8. The van der Waals surface area contributed by atoms with Crippen molar-refractivity contribution in [2.45, 2.75) is 45.2 Å². The number of piperazine rings is 1. The lowest BCUT2D eigenvalue weighted by Crippen LogP contribution is -2.47. The van der Waals surface area contributed by atoms with Gasteiger partial charge in [0.1, 0.15) is 5.82 Å². The maximum Gasteiger partial charge on any atom is 0.158 e. The van der Waals surface area contributed by atoms with Crippen molar-refractivity contribution in [2.24, 2.45) is 0 Å². The summed E-state index contributed by atoms with van der Waals surface area (Å²) >= 11 is 0. The lowest BCUT2D eigenvalue weighted by atomic mass is 9.96. The molecule has 0 spiro atoms. The van der Waals surface area contributed by atoms with E-state index < -0.39 is 0 Å². The van der Waals surface area contributed by atoms with Crippen LogP contribution in [-0.4, -0.2) is 66.5 Å². The van der Waals surface area contributed by atoms with Crippen molar-refractivity contribution < 1.29 is 4.79 Å². The number of para-hydroxylation sites is 1. The molecular weight excluding hydrogens is 410 g/mol. The zero-order chi connectivity index (χ0) is 22.8. The second kappa shape index (κ2) is 9.56. The van der Waals surface area contributed by atoms with Crippen LogP contribution in [0, 0.1) is 6.92 Å². The first-order valence-electron chi connectivity index (χ1n) is 12.3. The Morgan fingerprint density at radius 1 is 1.09 bits per heavy atom. The van der Waals surface area contributed by atoms with Crippen molar-refractivity contribution in [2.75, 3.05) is 44.7 Å². The van der Waals surface area contributed by atoms with Gasteiger partial charge in [-0.25, -0.2) is 4.98 Å². The third-order valence-corrected chi connectivity index (χ3v) is 7.27. The number of rotatable bonds is 6. The van der Waals surface area contributed by atoms with Crippen molar-refractivity contribution in [3.63, 3.8) is 0 Å². The number of carbonyl (C=O) groups is 1. The summed E-state index contributed by atoms with van der Waals surface area (Å²) in [5.74, 6) is 1.35. The van der Waals surface area contributed by atoms with Crippen LogP contribution in [0.5, 0.6) is 0 Å². The van der Waals surface area contributed by atoms with Gasteiger partial charge in [0.15, 0.2) is 5.78 Å². The van der Waals surface area contributed by atoms with E-state index in [-0.39, 0.29) is 11.9 Å². The second-order valence-corrected chi connectivity index (χ2v) is 9.64. The first-order valence-corrected chi connectivity index (χ1v) is 12.3. The van der Waals surface area contributed by atoms with Gasteiger partial charge in [0.05, 0.1) is 11.7 Å². The van der Waals surface area contributed by atoms with Crippen LogP contribution < -0.4 is 10.2 Å². The smallest absolute Gasteiger partial charge is 0.158 e. The van der Waals surface area contributed by atoms with E-state index in [2.05, 4.69) is 70.5 Å². The number of nitrogens with zero attached hydrogens (tertiary/aromatic N) is 4. The molecule has 0 saturated carbocycles. The number of hydrogen-bond acceptors (Lipinski definition) is 6. The van der Waals surface area contributed by atoms with Crippen LogP contribution in [-0.2, 0) is 4.79 Å². The minimum Gasteiger partial charge on any atom is -0.365 e. The summed E-state index contributed by atoms with van der Waals surface area (Å²) in [6.45, 7) is 7.59. The molecule has 1 saturated heterocycles. The summed E-state index contributed by atoms with van der Waals surface area (Å²) in [5, 5.41) is 4.83. The number of aryl methyl sites for hydroxylation is 1. The molecule has 2 aromatic rings. The van der Waals surface area contributed by atoms with Crippen LogP contribution in [0.2, 0.25) is 0 Å². The molecule has 1 N–H and O–H groups in total. The van der Waals surface area contributed by atoms with Crippen LogP contribution in [0.3, 0.4) is 0 Å². The van der Waals surface area contributed by atoms with Gasteiger partial charge in [-0.2, -0.15) is 0 Å². The summed E-state index contributed by atoms with van der Waals surface area (Å²) in [5.41, 5.74) is 4.70. The van der Waals surface area contributed by atoms with Gasteiger partial charge in [-0.15, -0.1) is 0 Å². The van der Waals surface area contributed by atoms with Gasteiger partial charge in [0.25, 0.3) is 0 Å². The summed E-state index contributed by atoms with van der Waals surface area (Å²) in [7, 11) is 2.14. The normalized spacial score (nSPS) is 21.5. The van der Waals surface area contributed by atoms with Gasteiger partial charge in [0, 0.05) is 63.0 Å². The Bertz CT molecular complexity index is 1080. The highest BCUT2D eigenvalue weighted by molar-refractivity contribution is 5.92. The van der Waals surface area contributed by atoms with Crippen molar-refractivity contribution in [3.05, 3.63) is 59.4 Å². The molecule has 6 nitrogen and oxygen atoms in total. The van der Waals surface area contributed by atoms with Crippen molar-refractivity contribution in [3.8, 4) is 0 Å². The minimum atomic E-state index is 0.242. The minimum absolute atomic E-state index is 0.242. The van der Waals surface area contributed by atoms with Gasteiger partial charge in [-0.3, -0.25) is 9.69 Å². The van der Waals surface area contributed by atoms with Gasteiger partial charge >= 0.3 is 0 Å². The van der Waals surface area contributed by atoms with E-state index >= 15 is 0 Å². The molecule has 0 bridgehead atoms. The zero-order valence-corrected chi connectivity index (χ0v) is 19.9. The molecule has 1 fully saturated rings. The van der Waals surface area contributed by atoms with Crippen molar-refractivity contribution >= 4 is 22.5 Å². The number of allylic oxidation sites excluding steroid dienone is 2. The van der Waals surface area contributed by atoms with E-state index in [4.69, 9.17) is 4.98 Å².